The Morgan fingerprint density at radius 1 is 1.26 bits per heavy atom. The Balaban J connectivity index is 0.00000341. The molecule has 1 aliphatic rings. The van der Waals surface area contributed by atoms with Crippen molar-refractivity contribution in [2.24, 2.45) is 4.99 Å². The second-order valence-corrected chi connectivity index (χ2v) is 7.41. The third-order valence-corrected chi connectivity index (χ3v) is 4.76. The van der Waals surface area contributed by atoms with Crippen LogP contribution in [0.3, 0.4) is 0 Å². The molecule has 0 radical (unpaired) electrons. The second-order valence-electron chi connectivity index (χ2n) is 7.41. The number of hydrogen-bond acceptors (Lipinski definition) is 4. The van der Waals surface area contributed by atoms with Gasteiger partial charge in [-0.25, -0.2) is 4.39 Å². The van der Waals surface area contributed by atoms with Crippen LogP contribution in [0.15, 0.2) is 47.5 Å². The highest BCUT2D eigenvalue weighted by molar-refractivity contribution is 14.0. The molecule has 1 saturated heterocycles. The van der Waals surface area contributed by atoms with Gasteiger partial charge in [-0.2, -0.15) is 0 Å². The molecule has 1 heterocycles. The minimum Gasteiger partial charge on any atom is -0.489 e. The van der Waals surface area contributed by atoms with Crippen molar-refractivity contribution < 1.29 is 18.6 Å². The molecule has 0 saturated carbocycles. The lowest BCUT2D eigenvalue weighted by molar-refractivity contribution is 0.140. The smallest absolute Gasteiger partial charge is 0.191 e. The summed E-state index contributed by atoms with van der Waals surface area (Å²) < 4.78 is 30.6. The molecule has 6 nitrogen and oxygen atoms in total. The Kier molecular flexibility index (Phi) is 10.3. The number of aliphatic imine (C=N–C) groups is 1. The normalized spacial score (nSPS) is 16.9. The molecule has 2 atom stereocenters. The fourth-order valence-electron chi connectivity index (χ4n) is 3.16. The molecule has 1 fully saturated rings. The highest BCUT2D eigenvalue weighted by Crippen LogP contribution is 2.23. The molecule has 2 aromatic carbocycles. The van der Waals surface area contributed by atoms with Gasteiger partial charge in [0.2, 0.25) is 0 Å². The number of aryl methyl sites for hydroxylation is 1. The summed E-state index contributed by atoms with van der Waals surface area (Å²) in [6.07, 6.45) is 0.850. The van der Waals surface area contributed by atoms with Crippen molar-refractivity contribution in [2.75, 3.05) is 26.8 Å². The van der Waals surface area contributed by atoms with Crippen molar-refractivity contribution in [3.63, 3.8) is 0 Å². The first-order chi connectivity index (χ1) is 14.5. The molecule has 1 aliphatic heterocycles. The van der Waals surface area contributed by atoms with Crippen LogP contribution in [-0.4, -0.2) is 45.0 Å². The Morgan fingerprint density at radius 3 is 2.81 bits per heavy atom. The molecule has 0 spiro atoms. The Bertz CT molecular complexity index is 860. The molecule has 0 aromatic heterocycles. The standard InChI is InChI=1S/C23H30FN3O3.HI/c1-16-7-8-18(22(11-16)30-21-9-10-28-15-21)14-27-23(25-3)26-13-17(2)29-20-6-4-5-19(24)12-20;/h4-8,11-12,17,21H,9-10,13-15H2,1-3H3,(H2,25,26,27);1H. The third-order valence-electron chi connectivity index (χ3n) is 4.76. The number of halogens is 2. The number of nitrogens with zero attached hydrogens (tertiary/aromatic N) is 1. The van der Waals surface area contributed by atoms with Crippen LogP contribution in [-0.2, 0) is 11.3 Å². The van der Waals surface area contributed by atoms with Gasteiger partial charge < -0.3 is 24.8 Å². The summed E-state index contributed by atoms with van der Waals surface area (Å²) in [7, 11) is 1.72. The van der Waals surface area contributed by atoms with E-state index >= 15 is 0 Å². The quantitative estimate of drug-likeness (QED) is 0.299. The number of rotatable bonds is 8. The van der Waals surface area contributed by atoms with E-state index in [1.165, 1.54) is 12.1 Å². The van der Waals surface area contributed by atoms with Gasteiger partial charge in [0.25, 0.3) is 0 Å². The van der Waals surface area contributed by atoms with Gasteiger partial charge in [-0.15, -0.1) is 24.0 Å². The summed E-state index contributed by atoms with van der Waals surface area (Å²) in [4.78, 5) is 4.26. The highest BCUT2D eigenvalue weighted by Gasteiger charge is 2.19. The van der Waals surface area contributed by atoms with Crippen LogP contribution in [0.2, 0.25) is 0 Å². The molecule has 2 N–H and O–H groups in total. The summed E-state index contributed by atoms with van der Waals surface area (Å²) >= 11 is 0. The van der Waals surface area contributed by atoms with Crippen molar-refractivity contribution in [1.29, 1.82) is 0 Å². The highest BCUT2D eigenvalue weighted by atomic mass is 127. The van der Waals surface area contributed by atoms with Crippen LogP contribution in [0, 0.1) is 12.7 Å². The van der Waals surface area contributed by atoms with Crippen molar-refractivity contribution >= 4 is 29.9 Å². The molecule has 31 heavy (non-hydrogen) atoms. The van der Waals surface area contributed by atoms with E-state index in [9.17, 15) is 4.39 Å². The third kappa shape index (κ3) is 8.17. The summed E-state index contributed by atoms with van der Waals surface area (Å²) in [5.41, 5.74) is 2.21. The van der Waals surface area contributed by atoms with E-state index < -0.39 is 0 Å². The lowest BCUT2D eigenvalue weighted by Crippen LogP contribution is -2.41. The van der Waals surface area contributed by atoms with Crippen molar-refractivity contribution in [3.05, 3.63) is 59.4 Å². The van der Waals surface area contributed by atoms with Crippen molar-refractivity contribution in [2.45, 2.75) is 39.0 Å². The van der Waals surface area contributed by atoms with E-state index in [4.69, 9.17) is 14.2 Å². The van der Waals surface area contributed by atoms with E-state index in [-0.39, 0.29) is 42.0 Å². The maximum absolute atomic E-state index is 13.3. The van der Waals surface area contributed by atoms with Gasteiger partial charge >= 0.3 is 0 Å². The fourth-order valence-corrected chi connectivity index (χ4v) is 3.16. The van der Waals surface area contributed by atoms with Gasteiger partial charge in [0.1, 0.15) is 29.5 Å². The molecular weight excluding hydrogens is 512 g/mol. The molecular formula is C23H31FIN3O3. The Morgan fingerprint density at radius 2 is 2.10 bits per heavy atom. The predicted molar refractivity (Wildman–Crippen MR) is 131 cm³/mol. The van der Waals surface area contributed by atoms with Crippen LogP contribution in [0.4, 0.5) is 4.39 Å². The van der Waals surface area contributed by atoms with Crippen LogP contribution in [0.25, 0.3) is 0 Å². The van der Waals surface area contributed by atoms with E-state index in [1.807, 2.05) is 6.92 Å². The molecule has 2 aromatic rings. The Hall–Kier alpha value is -2.07. The molecule has 0 amide bonds. The Labute approximate surface area is 200 Å². The number of nitrogens with one attached hydrogen (secondary N) is 2. The van der Waals surface area contributed by atoms with Gasteiger partial charge in [-0.05, 0) is 37.6 Å². The largest absolute Gasteiger partial charge is 0.489 e. The number of benzene rings is 2. The number of ether oxygens (including phenoxy) is 3. The van der Waals surface area contributed by atoms with Crippen molar-refractivity contribution in [1.82, 2.24) is 10.6 Å². The fraction of sp³-hybridized carbons (Fsp3) is 0.435. The maximum Gasteiger partial charge on any atom is 0.191 e. The zero-order valence-electron chi connectivity index (χ0n) is 18.2. The van der Waals surface area contributed by atoms with Gasteiger partial charge in [0, 0.05) is 31.6 Å². The molecule has 0 aliphatic carbocycles. The van der Waals surface area contributed by atoms with E-state index in [0.29, 0.717) is 31.4 Å². The minimum atomic E-state index is -0.314. The van der Waals surface area contributed by atoms with E-state index in [2.05, 4.69) is 40.7 Å². The predicted octanol–water partition coefficient (Wildman–Crippen LogP) is 4.05. The summed E-state index contributed by atoms with van der Waals surface area (Å²) in [5.74, 6) is 1.71. The minimum absolute atomic E-state index is 0. The summed E-state index contributed by atoms with van der Waals surface area (Å²) in [6, 6.07) is 12.3. The first-order valence-corrected chi connectivity index (χ1v) is 10.2. The molecule has 170 valence electrons. The topological polar surface area (TPSA) is 64.1 Å². The van der Waals surface area contributed by atoms with E-state index in [0.717, 1.165) is 29.9 Å². The average Bonchev–Trinajstić information content (AvgIpc) is 3.22. The maximum atomic E-state index is 13.3. The molecule has 0 bridgehead atoms. The van der Waals surface area contributed by atoms with Gasteiger partial charge in [0.05, 0.1) is 19.8 Å². The average molecular weight is 543 g/mol. The van der Waals surface area contributed by atoms with E-state index in [1.54, 1.807) is 19.2 Å². The SMILES string of the molecule is CN=C(NCc1ccc(C)cc1OC1CCOC1)NCC(C)Oc1cccc(F)c1.I. The van der Waals surface area contributed by atoms with Crippen LogP contribution in [0.1, 0.15) is 24.5 Å². The van der Waals surface area contributed by atoms with Gasteiger partial charge in [-0.3, -0.25) is 4.99 Å². The van der Waals surface area contributed by atoms with Gasteiger partial charge in [-0.1, -0.05) is 18.2 Å². The van der Waals surface area contributed by atoms with Gasteiger partial charge in [0.15, 0.2) is 5.96 Å². The first-order valence-electron chi connectivity index (χ1n) is 10.2. The summed E-state index contributed by atoms with van der Waals surface area (Å²) in [6.45, 7) is 6.44. The molecule has 8 heteroatoms. The van der Waals surface area contributed by atoms with Crippen LogP contribution >= 0.6 is 24.0 Å². The number of guanidine groups is 1. The van der Waals surface area contributed by atoms with Crippen LogP contribution < -0.4 is 20.1 Å². The van der Waals surface area contributed by atoms with Crippen LogP contribution in [0.5, 0.6) is 11.5 Å². The first kappa shape index (κ1) is 25.2. The summed E-state index contributed by atoms with van der Waals surface area (Å²) in [5, 5.41) is 6.55. The second kappa shape index (κ2) is 12.7. The zero-order valence-corrected chi connectivity index (χ0v) is 20.5. The number of hydrogen-bond donors (Lipinski definition) is 2. The molecule has 3 rings (SSSR count). The van der Waals surface area contributed by atoms with Crippen molar-refractivity contribution in [3.8, 4) is 11.5 Å². The molecule has 2 unspecified atom stereocenters. The lowest BCUT2D eigenvalue weighted by atomic mass is 10.1. The lowest BCUT2D eigenvalue weighted by Gasteiger charge is -2.19. The monoisotopic (exact) mass is 543 g/mol. The zero-order chi connectivity index (χ0) is 21.3.